The van der Waals surface area contributed by atoms with Crippen LogP contribution >= 0.6 is 0 Å². The molecule has 6 nitrogen and oxygen atoms in total. The van der Waals surface area contributed by atoms with Crippen LogP contribution in [0.2, 0.25) is 0 Å². The molecule has 0 N–H and O–H groups in total. The Morgan fingerprint density at radius 3 is 2.44 bits per heavy atom. The largest absolute Gasteiger partial charge is 0.357 e. The Hall–Kier alpha value is -3.72. The molecule has 0 bridgehead atoms. The summed E-state index contributed by atoms with van der Waals surface area (Å²) in [5.41, 5.74) is 6.20. The normalized spacial score (nSPS) is 10.9. The Morgan fingerprint density at radius 2 is 1.75 bits per heavy atom. The van der Waals surface area contributed by atoms with E-state index in [4.69, 9.17) is 4.98 Å². The summed E-state index contributed by atoms with van der Waals surface area (Å²) in [4.78, 5) is 11.5. The molecule has 162 valence electrons. The van der Waals surface area contributed by atoms with Gasteiger partial charge in [0.25, 0.3) is 5.78 Å². The summed E-state index contributed by atoms with van der Waals surface area (Å²) in [6, 6.07) is 18.5. The zero-order chi connectivity index (χ0) is 22.5. The van der Waals surface area contributed by atoms with Gasteiger partial charge < -0.3 is 4.90 Å². The number of benzene rings is 2. The second kappa shape index (κ2) is 9.61. The van der Waals surface area contributed by atoms with Gasteiger partial charge in [-0.3, -0.25) is 0 Å². The minimum Gasteiger partial charge on any atom is -0.357 e. The summed E-state index contributed by atoms with van der Waals surface area (Å²) in [5.74, 6) is 1.74. The number of nitrogens with zero attached hydrogens (tertiary/aromatic N) is 6. The van der Waals surface area contributed by atoms with Gasteiger partial charge in [-0.25, -0.2) is 4.98 Å². The molecule has 4 rings (SSSR count). The fraction of sp³-hybridized carbons (Fsp3) is 0.308. The maximum absolute atomic E-state index is 9.43. The fourth-order valence-corrected chi connectivity index (χ4v) is 4.22. The van der Waals surface area contributed by atoms with Crippen LogP contribution in [0.1, 0.15) is 49.6 Å². The van der Waals surface area contributed by atoms with Crippen LogP contribution in [0, 0.1) is 11.3 Å². The quantitative estimate of drug-likeness (QED) is 0.396. The highest BCUT2D eigenvalue weighted by Gasteiger charge is 2.20. The molecule has 2 aromatic heterocycles. The number of aryl methyl sites for hydroxylation is 1. The van der Waals surface area contributed by atoms with Crippen LogP contribution in [-0.4, -0.2) is 32.7 Å². The number of anilines is 1. The van der Waals surface area contributed by atoms with Gasteiger partial charge in [0.05, 0.1) is 17.3 Å². The molecule has 0 aliphatic heterocycles. The van der Waals surface area contributed by atoms with Crippen molar-refractivity contribution in [2.24, 2.45) is 0 Å². The van der Waals surface area contributed by atoms with Gasteiger partial charge in [-0.15, -0.1) is 0 Å². The van der Waals surface area contributed by atoms with Gasteiger partial charge in [-0.1, -0.05) is 55.8 Å². The smallest absolute Gasteiger partial charge is 0.254 e. The number of aromatic nitrogens is 4. The molecule has 6 heteroatoms. The maximum Gasteiger partial charge on any atom is 0.254 e. The third kappa shape index (κ3) is 4.06. The minimum absolute atomic E-state index is 0.655. The van der Waals surface area contributed by atoms with Crippen LogP contribution < -0.4 is 4.90 Å². The van der Waals surface area contributed by atoms with E-state index in [2.05, 4.69) is 66.1 Å². The summed E-state index contributed by atoms with van der Waals surface area (Å²) < 4.78 is 1.87. The SMILES string of the molecule is CCCc1nc2ncnn2c(N(CC)CC)c1Cc1ccc(-c2ccccc2C#N)cc1. The van der Waals surface area contributed by atoms with Crippen LogP contribution in [0.25, 0.3) is 16.9 Å². The van der Waals surface area contributed by atoms with Crippen molar-refractivity contribution >= 4 is 11.6 Å². The molecule has 0 aliphatic rings. The lowest BCUT2D eigenvalue weighted by molar-refractivity contribution is 0.767. The molecule has 2 aromatic carbocycles. The third-order valence-corrected chi connectivity index (χ3v) is 5.83. The van der Waals surface area contributed by atoms with Crippen molar-refractivity contribution < 1.29 is 0 Å². The first kappa shape index (κ1) is 21.5. The summed E-state index contributed by atoms with van der Waals surface area (Å²) in [5, 5.41) is 13.9. The Labute approximate surface area is 189 Å². The van der Waals surface area contributed by atoms with E-state index in [-0.39, 0.29) is 0 Å². The second-order valence-electron chi connectivity index (χ2n) is 7.79. The van der Waals surface area contributed by atoms with Gasteiger partial charge in [-0.2, -0.15) is 19.9 Å². The average molecular weight is 425 g/mol. The highest BCUT2D eigenvalue weighted by atomic mass is 15.4. The van der Waals surface area contributed by atoms with E-state index in [1.54, 1.807) is 6.33 Å². The molecule has 0 atom stereocenters. The summed E-state index contributed by atoms with van der Waals surface area (Å²) in [6.07, 6.45) is 4.27. The van der Waals surface area contributed by atoms with Crippen molar-refractivity contribution in [1.29, 1.82) is 5.26 Å². The molecule has 0 spiro atoms. The summed E-state index contributed by atoms with van der Waals surface area (Å²) >= 11 is 0. The number of nitriles is 1. The molecule has 4 aromatic rings. The maximum atomic E-state index is 9.43. The van der Waals surface area contributed by atoms with E-state index in [1.807, 2.05) is 28.8 Å². The molecule has 0 amide bonds. The fourth-order valence-electron chi connectivity index (χ4n) is 4.22. The topological polar surface area (TPSA) is 70.1 Å². The van der Waals surface area contributed by atoms with E-state index in [0.717, 1.165) is 55.0 Å². The molecular formula is C26H28N6. The Morgan fingerprint density at radius 1 is 1.00 bits per heavy atom. The highest BCUT2D eigenvalue weighted by molar-refractivity contribution is 5.70. The zero-order valence-electron chi connectivity index (χ0n) is 18.9. The molecule has 0 aliphatic carbocycles. The van der Waals surface area contributed by atoms with Gasteiger partial charge in [0, 0.05) is 25.1 Å². The monoisotopic (exact) mass is 424 g/mol. The third-order valence-electron chi connectivity index (χ3n) is 5.83. The Bertz CT molecular complexity index is 1250. The first-order valence-electron chi connectivity index (χ1n) is 11.2. The van der Waals surface area contributed by atoms with Crippen molar-refractivity contribution in [3.63, 3.8) is 0 Å². The van der Waals surface area contributed by atoms with E-state index in [1.165, 1.54) is 11.1 Å². The van der Waals surface area contributed by atoms with Crippen molar-refractivity contribution in [3.8, 4) is 17.2 Å². The van der Waals surface area contributed by atoms with Crippen molar-refractivity contribution in [2.75, 3.05) is 18.0 Å². The first-order valence-corrected chi connectivity index (χ1v) is 11.2. The molecule has 0 unspecified atom stereocenters. The lowest BCUT2D eigenvalue weighted by Crippen LogP contribution is -2.27. The van der Waals surface area contributed by atoms with E-state index < -0.39 is 0 Å². The zero-order valence-corrected chi connectivity index (χ0v) is 18.9. The molecule has 0 saturated carbocycles. The molecule has 0 fully saturated rings. The van der Waals surface area contributed by atoms with E-state index in [9.17, 15) is 5.26 Å². The van der Waals surface area contributed by atoms with Crippen LogP contribution in [-0.2, 0) is 12.8 Å². The molecular weight excluding hydrogens is 396 g/mol. The first-order chi connectivity index (χ1) is 15.7. The van der Waals surface area contributed by atoms with Gasteiger partial charge in [-0.05, 0) is 43.0 Å². The van der Waals surface area contributed by atoms with E-state index >= 15 is 0 Å². The summed E-state index contributed by atoms with van der Waals surface area (Å²) in [7, 11) is 0. The average Bonchev–Trinajstić information content (AvgIpc) is 3.30. The number of hydrogen-bond acceptors (Lipinski definition) is 5. The van der Waals surface area contributed by atoms with Gasteiger partial charge in [0.2, 0.25) is 0 Å². The van der Waals surface area contributed by atoms with Crippen molar-refractivity contribution in [3.05, 3.63) is 77.2 Å². The Balaban J connectivity index is 1.77. The second-order valence-corrected chi connectivity index (χ2v) is 7.79. The van der Waals surface area contributed by atoms with Crippen molar-refractivity contribution in [2.45, 2.75) is 40.0 Å². The van der Waals surface area contributed by atoms with Gasteiger partial charge >= 0.3 is 0 Å². The van der Waals surface area contributed by atoms with Crippen LogP contribution in [0.5, 0.6) is 0 Å². The van der Waals surface area contributed by atoms with E-state index in [0.29, 0.717) is 11.3 Å². The number of rotatable bonds is 8. The van der Waals surface area contributed by atoms with Gasteiger partial charge in [0.15, 0.2) is 0 Å². The standard InChI is InChI=1S/C26H28N6/c1-4-9-24-23(25(31(5-2)6-3)32-26(30-24)28-18-29-32)16-19-12-14-20(15-13-19)22-11-8-7-10-21(22)17-27/h7-8,10-15,18H,4-6,9,16H2,1-3H3. The summed E-state index contributed by atoms with van der Waals surface area (Å²) in [6.45, 7) is 8.28. The van der Waals surface area contributed by atoms with Gasteiger partial charge in [0.1, 0.15) is 12.1 Å². The molecule has 32 heavy (non-hydrogen) atoms. The Kier molecular flexibility index (Phi) is 6.46. The number of fused-ring (bicyclic) bond motifs is 1. The van der Waals surface area contributed by atoms with Crippen molar-refractivity contribution in [1.82, 2.24) is 19.6 Å². The molecule has 2 heterocycles. The van der Waals surface area contributed by atoms with Crippen LogP contribution in [0.15, 0.2) is 54.9 Å². The predicted molar refractivity (Wildman–Crippen MR) is 128 cm³/mol. The minimum atomic E-state index is 0.655. The lowest BCUT2D eigenvalue weighted by atomic mass is 9.96. The molecule has 0 saturated heterocycles. The lowest BCUT2D eigenvalue weighted by Gasteiger charge is -2.26. The highest BCUT2D eigenvalue weighted by Crippen LogP contribution is 2.29. The molecule has 0 radical (unpaired) electrons. The van der Waals surface area contributed by atoms with Crippen LogP contribution in [0.4, 0.5) is 5.82 Å². The predicted octanol–water partition coefficient (Wildman–Crippen LogP) is 5.05. The number of hydrogen-bond donors (Lipinski definition) is 0. The van der Waals surface area contributed by atoms with Crippen LogP contribution in [0.3, 0.4) is 0 Å².